The van der Waals surface area contributed by atoms with Crippen molar-refractivity contribution in [2.45, 2.75) is 116 Å². The first-order valence-corrected chi connectivity index (χ1v) is 18.1. The number of thiazole rings is 1. The SMILES string of the molecule is COc1ccc(C23CCC(CN(C(=O)C4CCC(CC(C)=O)CC4)c4cc(-c5cnc(C(C)(C)C)s5)ccn4)(CC2)CC3)cc1C. The molecule has 4 saturated carbocycles. The Morgan fingerprint density at radius 3 is 2.26 bits per heavy atom. The number of methoxy groups -OCH3 is 1. The van der Waals surface area contributed by atoms with E-state index in [-0.39, 0.29) is 33.9 Å². The highest BCUT2D eigenvalue weighted by Gasteiger charge is 2.51. The van der Waals surface area contributed by atoms with E-state index in [4.69, 9.17) is 14.7 Å². The summed E-state index contributed by atoms with van der Waals surface area (Å²) in [6.45, 7) is 11.1. The molecule has 2 heterocycles. The summed E-state index contributed by atoms with van der Waals surface area (Å²) < 4.78 is 5.55. The molecule has 4 aliphatic carbocycles. The number of hydrogen-bond donors (Lipinski definition) is 0. The van der Waals surface area contributed by atoms with Crippen molar-refractivity contribution >= 4 is 28.8 Å². The first-order valence-electron chi connectivity index (χ1n) is 17.3. The maximum Gasteiger partial charge on any atom is 0.231 e. The van der Waals surface area contributed by atoms with Crippen LogP contribution in [0.2, 0.25) is 0 Å². The molecule has 7 heteroatoms. The van der Waals surface area contributed by atoms with E-state index >= 15 is 0 Å². The average Bonchev–Trinajstić information content (AvgIpc) is 3.56. The van der Waals surface area contributed by atoms with Gasteiger partial charge in [0.1, 0.15) is 17.4 Å². The number of aromatic nitrogens is 2. The summed E-state index contributed by atoms with van der Waals surface area (Å²) in [4.78, 5) is 39.1. The molecule has 7 rings (SSSR count). The van der Waals surface area contributed by atoms with Crippen LogP contribution in [-0.4, -0.2) is 35.3 Å². The topological polar surface area (TPSA) is 72.4 Å². The van der Waals surface area contributed by atoms with Crippen molar-refractivity contribution in [3.05, 3.63) is 58.9 Å². The van der Waals surface area contributed by atoms with Crippen molar-refractivity contribution in [2.75, 3.05) is 18.6 Å². The summed E-state index contributed by atoms with van der Waals surface area (Å²) in [6, 6.07) is 10.9. The third-order valence-electron chi connectivity index (χ3n) is 11.4. The second-order valence-electron chi connectivity index (χ2n) is 15.7. The molecule has 1 aromatic carbocycles. The number of Topliss-reactive ketones (excluding diaryl/α,β-unsaturated/α-hetero) is 1. The number of fused-ring (bicyclic) bond motifs is 3. The van der Waals surface area contributed by atoms with Crippen molar-refractivity contribution in [3.8, 4) is 16.2 Å². The summed E-state index contributed by atoms with van der Waals surface area (Å²) >= 11 is 1.72. The Labute approximate surface area is 279 Å². The van der Waals surface area contributed by atoms with Gasteiger partial charge in [-0.2, -0.15) is 0 Å². The number of ether oxygens (including phenoxy) is 1. The Bertz CT molecular complexity index is 1550. The van der Waals surface area contributed by atoms with Gasteiger partial charge >= 0.3 is 0 Å². The van der Waals surface area contributed by atoms with Crippen LogP contribution in [0.25, 0.3) is 10.4 Å². The summed E-state index contributed by atoms with van der Waals surface area (Å²) in [5.74, 6) is 2.58. The van der Waals surface area contributed by atoms with Crippen LogP contribution in [0.3, 0.4) is 0 Å². The number of carbonyl (C=O) groups is 2. The van der Waals surface area contributed by atoms with Crippen LogP contribution in [0.5, 0.6) is 5.75 Å². The molecule has 6 nitrogen and oxygen atoms in total. The Kier molecular flexibility index (Phi) is 9.19. The molecular formula is C39H51N3O3S. The predicted octanol–water partition coefficient (Wildman–Crippen LogP) is 9.23. The fourth-order valence-electron chi connectivity index (χ4n) is 8.46. The summed E-state index contributed by atoms with van der Waals surface area (Å²) in [6.07, 6.45) is 14.9. The second kappa shape index (κ2) is 12.9. The van der Waals surface area contributed by atoms with Crippen molar-refractivity contribution in [1.29, 1.82) is 0 Å². The molecule has 0 saturated heterocycles. The molecule has 0 atom stereocenters. The number of hydrogen-bond acceptors (Lipinski definition) is 6. The number of amides is 1. The quantitative estimate of drug-likeness (QED) is 0.233. The molecule has 3 aromatic rings. The van der Waals surface area contributed by atoms with Gasteiger partial charge in [0.2, 0.25) is 5.91 Å². The van der Waals surface area contributed by atoms with E-state index in [0.29, 0.717) is 12.3 Å². The van der Waals surface area contributed by atoms with Crippen LogP contribution in [0.4, 0.5) is 5.82 Å². The van der Waals surface area contributed by atoms with E-state index in [9.17, 15) is 9.59 Å². The number of aryl methyl sites for hydroxylation is 1. The van der Waals surface area contributed by atoms with Gasteiger partial charge in [0.05, 0.1) is 17.0 Å². The molecule has 46 heavy (non-hydrogen) atoms. The zero-order valence-corrected chi connectivity index (χ0v) is 29.5. The van der Waals surface area contributed by atoms with E-state index in [1.807, 2.05) is 18.5 Å². The van der Waals surface area contributed by atoms with Crippen LogP contribution in [0, 0.1) is 24.2 Å². The lowest BCUT2D eigenvalue weighted by Gasteiger charge is -2.55. The zero-order valence-electron chi connectivity index (χ0n) is 28.7. The molecule has 0 N–H and O–H groups in total. The minimum absolute atomic E-state index is 0.0110. The number of anilines is 1. The van der Waals surface area contributed by atoms with E-state index < -0.39 is 0 Å². The molecule has 0 unspecified atom stereocenters. The van der Waals surface area contributed by atoms with Gasteiger partial charge in [-0.25, -0.2) is 9.97 Å². The lowest BCUT2D eigenvalue weighted by Crippen LogP contribution is -2.52. The maximum absolute atomic E-state index is 14.5. The van der Waals surface area contributed by atoms with Gasteiger partial charge in [0.25, 0.3) is 0 Å². The summed E-state index contributed by atoms with van der Waals surface area (Å²) in [7, 11) is 1.74. The Balaban J connectivity index is 1.26. The molecular weight excluding hydrogens is 591 g/mol. The van der Waals surface area contributed by atoms with E-state index in [0.717, 1.165) is 97.8 Å². The fraction of sp³-hybridized carbons (Fsp3) is 0.590. The molecule has 4 aliphatic rings. The third-order valence-corrected chi connectivity index (χ3v) is 12.9. The lowest BCUT2D eigenvalue weighted by molar-refractivity contribution is -0.124. The number of nitrogens with zero attached hydrogens (tertiary/aromatic N) is 3. The third kappa shape index (κ3) is 6.67. The van der Waals surface area contributed by atoms with Crippen LogP contribution in [0.15, 0.2) is 42.7 Å². The normalized spacial score (nSPS) is 26.1. The Morgan fingerprint density at radius 1 is 0.978 bits per heavy atom. The number of benzene rings is 1. The van der Waals surface area contributed by atoms with Crippen LogP contribution in [-0.2, 0) is 20.4 Å². The van der Waals surface area contributed by atoms with Crippen LogP contribution >= 0.6 is 11.3 Å². The van der Waals surface area contributed by atoms with Crippen molar-refractivity contribution in [1.82, 2.24) is 9.97 Å². The van der Waals surface area contributed by atoms with Gasteiger partial charge in [-0.05, 0) is 130 Å². The molecule has 0 spiro atoms. The predicted molar refractivity (Wildman–Crippen MR) is 187 cm³/mol. The molecule has 2 bridgehead atoms. The highest BCUT2D eigenvalue weighted by molar-refractivity contribution is 7.15. The summed E-state index contributed by atoms with van der Waals surface area (Å²) in [5, 5.41) is 1.11. The van der Waals surface area contributed by atoms with Gasteiger partial charge in [-0.3, -0.25) is 9.69 Å². The molecule has 4 fully saturated rings. The van der Waals surface area contributed by atoms with Crippen molar-refractivity contribution < 1.29 is 14.3 Å². The van der Waals surface area contributed by atoms with Gasteiger partial charge in [-0.15, -0.1) is 11.3 Å². The van der Waals surface area contributed by atoms with E-state index in [2.05, 4.69) is 56.9 Å². The number of ketones is 1. The smallest absolute Gasteiger partial charge is 0.231 e. The average molecular weight is 642 g/mol. The van der Waals surface area contributed by atoms with Gasteiger partial charge in [0, 0.05) is 36.7 Å². The van der Waals surface area contributed by atoms with Crippen LogP contribution < -0.4 is 9.64 Å². The fourth-order valence-corrected chi connectivity index (χ4v) is 9.43. The van der Waals surface area contributed by atoms with Crippen molar-refractivity contribution in [2.24, 2.45) is 17.3 Å². The molecule has 246 valence electrons. The number of carbonyl (C=O) groups excluding carboxylic acids is 2. The van der Waals surface area contributed by atoms with Crippen molar-refractivity contribution in [3.63, 3.8) is 0 Å². The second-order valence-corrected chi connectivity index (χ2v) is 16.7. The Morgan fingerprint density at radius 2 is 1.67 bits per heavy atom. The molecule has 0 aliphatic heterocycles. The van der Waals surface area contributed by atoms with E-state index in [1.54, 1.807) is 25.4 Å². The Hall–Kier alpha value is -3.06. The first kappa shape index (κ1) is 32.9. The highest BCUT2D eigenvalue weighted by Crippen LogP contribution is 2.58. The summed E-state index contributed by atoms with van der Waals surface area (Å²) in [5.41, 5.74) is 4.03. The molecule has 2 aromatic heterocycles. The first-order chi connectivity index (χ1) is 21.9. The lowest BCUT2D eigenvalue weighted by atomic mass is 9.51. The molecule has 0 radical (unpaired) electrons. The van der Waals surface area contributed by atoms with Gasteiger partial charge in [-0.1, -0.05) is 32.9 Å². The minimum Gasteiger partial charge on any atom is -0.496 e. The maximum atomic E-state index is 14.5. The van der Waals surface area contributed by atoms with E-state index in [1.165, 1.54) is 11.1 Å². The van der Waals surface area contributed by atoms with Gasteiger partial charge in [0.15, 0.2) is 0 Å². The number of rotatable bonds is 9. The van der Waals surface area contributed by atoms with Gasteiger partial charge < -0.3 is 9.53 Å². The standard InChI is InChI=1S/C39H51N3O3S/c1-26-21-31(11-12-32(26)45-6)39-17-14-38(15-18-39,16-19-39)25-42(35(44)29-9-7-28(8-10-29)22-27(2)43)34-23-30(13-20-40-34)33-24-41-36(46-33)37(3,4)5/h11-13,20-21,23-24,28-29H,7-10,14-19,22,25H2,1-6H3. The number of pyridine rings is 1. The highest BCUT2D eigenvalue weighted by atomic mass is 32.1. The molecule has 1 amide bonds. The largest absolute Gasteiger partial charge is 0.496 e. The minimum atomic E-state index is -0.0190. The van der Waals surface area contributed by atoms with Crippen LogP contribution in [0.1, 0.15) is 114 Å². The monoisotopic (exact) mass is 641 g/mol. The zero-order chi connectivity index (χ0) is 32.7.